The zero-order valence-electron chi connectivity index (χ0n) is 15.8. The molecule has 0 saturated carbocycles. The van der Waals surface area contributed by atoms with Gasteiger partial charge in [-0.3, -0.25) is 9.59 Å². The van der Waals surface area contributed by atoms with Crippen LogP contribution in [0.2, 0.25) is 0 Å². The zero-order valence-corrected chi connectivity index (χ0v) is 15.8. The fourth-order valence-corrected chi connectivity index (χ4v) is 4.16. The Labute approximate surface area is 156 Å². The fourth-order valence-electron chi connectivity index (χ4n) is 4.16. The van der Waals surface area contributed by atoms with E-state index in [1.807, 2.05) is 40.1 Å². The number of carbonyl (C=O) groups excluding carboxylic acids is 2. The van der Waals surface area contributed by atoms with Crippen LogP contribution in [0.5, 0.6) is 5.75 Å². The van der Waals surface area contributed by atoms with Crippen LogP contribution in [0.3, 0.4) is 0 Å². The zero-order chi connectivity index (χ0) is 18.4. The summed E-state index contributed by atoms with van der Waals surface area (Å²) in [5, 5.41) is 0. The summed E-state index contributed by atoms with van der Waals surface area (Å²) < 4.78 is 5.63. The van der Waals surface area contributed by atoms with E-state index < -0.39 is 0 Å². The summed E-state index contributed by atoms with van der Waals surface area (Å²) in [5.74, 6) is 1.05. The van der Waals surface area contributed by atoms with E-state index >= 15 is 0 Å². The summed E-state index contributed by atoms with van der Waals surface area (Å²) in [6, 6.07) is 9.46. The number of amides is 2. The fraction of sp³-hybridized carbons (Fsp3) is 0.619. The van der Waals surface area contributed by atoms with Crippen LogP contribution >= 0.6 is 0 Å². The van der Waals surface area contributed by atoms with E-state index in [2.05, 4.69) is 6.92 Å². The van der Waals surface area contributed by atoms with Crippen molar-refractivity contribution in [1.29, 1.82) is 0 Å². The van der Waals surface area contributed by atoms with Gasteiger partial charge >= 0.3 is 0 Å². The van der Waals surface area contributed by atoms with Crippen molar-refractivity contribution in [3.8, 4) is 5.75 Å². The van der Waals surface area contributed by atoms with Crippen LogP contribution in [0.4, 0.5) is 0 Å². The predicted molar refractivity (Wildman–Crippen MR) is 101 cm³/mol. The standard InChI is InChI=1S/C21H30N2O3/c1-2-3-13-22-16-21(12-10-19(22)24)11-7-14-23(17-21)20(25)15-26-18-8-5-4-6-9-18/h4-6,8-9H,2-3,7,10-17H2,1H3. The third-order valence-corrected chi connectivity index (χ3v) is 5.65. The molecule has 0 radical (unpaired) electrons. The number of benzene rings is 1. The number of para-hydroxylation sites is 1. The van der Waals surface area contributed by atoms with Crippen LogP contribution in [-0.2, 0) is 9.59 Å². The molecule has 2 fully saturated rings. The van der Waals surface area contributed by atoms with Gasteiger partial charge < -0.3 is 14.5 Å². The molecule has 2 amide bonds. The van der Waals surface area contributed by atoms with Gasteiger partial charge in [-0.05, 0) is 37.8 Å². The molecule has 1 unspecified atom stereocenters. The van der Waals surface area contributed by atoms with E-state index in [-0.39, 0.29) is 23.8 Å². The van der Waals surface area contributed by atoms with Crippen molar-refractivity contribution in [3.05, 3.63) is 30.3 Å². The maximum Gasteiger partial charge on any atom is 0.260 e. The molecule has 1 aromatic rings. The average Bonchev–Trinajstić information content (AvgIpc) is 2.68. The van der Waals surface area contributed by atoms with Crippen molar-refractivity contribution >= 4 is 11.8 Å². The highest BCUT2D eigenvalue weighted by Gasteiger charge is 2.42. The minimum absolute atomic E-state index is 0.0462. The molecule has 0 N–H and O–H groups in total. The molecular formula is C21H30N2O3. The van der Waals surface area contributed by atoms with Gasteiger partial charge in [0.25, 0.3) is 5.91 Å². The van der Waals surface area contributed by atoms with Crippen LogP contribution in [0.25, 0.3) is 0 Å². The summed E-state index contributed by atoms with van der Waals surface area (Å²) in [4.78, 5) is 28.8. The van der Waals surface area contributed by atoms with Crippen LogP contribution in [0.15, 0.2) is 30.3 Å². The van der Waals surface area contributed by atoms with Crippen molar-refractivity contribution in [1.82, 2.24) is 9.80 Å². The molecule has 142 valence electrons. The Morgan fingerprint density at radius 1 is 1.19 bits per heavy atom. The van der Waals surface area contributed by atoms with Crippen molar-refractivity contribution in [3.63, 3.8) is 0 Å². The third kappa shape index (κ3) is 4.57. The average molecular weight is 358 g/mol. The number of nitrogens with zero attached hydrogens (tertiary/aromatic N) is 2. The number of unbranched alkanes of at least 4 members (excludes halogenated alkanes) is 1. The Morgan fingerprint density at radius 3 is 2.77 bits per heavy atom. The van der Waals surface area contributed by atoms with Crippen molar-refractivity contribution < 1.29 is 14.3 Å². The van der Waals surface area contributed by atoms with Gasteiger partial charge in [-0.15, -0.1) is 0 Å². The van der Waals surface area contributed by atoms with Gasteiger partial charge in [0.05, 0.1) is 0 Å². The molecule has 0 aliphatic carbocycles. The second kappa shape index (κ2) is 8.56. The van der Waals surface area contributed by atoms with Crippen molar-refractivity contribution in [2.24, 2.45) is 5.41 Å². The Kier molecular flexibility index (Phi) is 6.17. The summed E-state index contributed by atoms with van der Waals surface area (Å²) >= 11 is 0. The van der Waals surface area contributed by atoms with Crippen molar-refractivity contribution in [2.75, 3.05) is 32.8 Å². The highest BCUT2D eigenvalue weighted by Crippen LogP contribution is 2.39. The lowest BCUT2D eigenvalue weighted by atomic mass is 9.73. The van der Waals surface area contributed by atoms with Crippen LogP contribution in [-0.4, -0.2) is 54.4 Å². The third-order valence-electron chi connectivity index (χ3n) is 5.65. The molecule has 0 bridgehead atoms. The van der Waals surface area contributed by atoms with Crippen LogP contribution < -0.4 is 4.74 Å². The lowest BCUT2D eigenvalue weighted by Gasteiger charge is -2.48. The first kappa shape index (κ1) is 18.7. The Bertz CT molecular complexity index is 619. The summed E-state index contributed by atoms with van der Waals surface area (Å²) in [5.41, 5.74) is 0.0717. The lowest BCUT2D eigenvalue weighted by molar-refractivity contribution is -0.144. The van der Waals surface area contributed by atoms with Crippen LogP contribution in [0, 0.1) is 5.41 Å². The van der Waals surface area contributed by atoms with E-state index in [9.17, 15) is 9.59 Å². The minimum Gasteiger partial charge on any atom is -0.484 e. The SMILES string of the molecule is CCCCN1CC2(CCCN(C(=O)COc3ccccc3)C2)CCC1=O. The number of hydrogen-bond acceptors (Lipinski definition) is 3. The van der Waals surface area contributed by atoms with Gasteiger partial charge in [0, 0.05) is 38.0 Å². The lowest BCUT2D eigenvalue weighted by Crippen LogP contribution is -2.55. The first-order valence-electron chi connectivity index (χ1n) is 9.85. The molecule has 2 aliphatic rings. The highest BCUT2D eigenvalue weighted by molar-refractivity contribution is 5.79. The van der Waals surface area contributed by atoms with E-state index in [0.29, 0.717) is 6.42 Å². The molecular weight excluding hydrogens is 328 g/mol. The van der Waals surface area contributed by atoms with Crippen molar-refractivity contribution in [2.45, 2.75) is 45.4 Å². The largest absolute Gasteiger partial charge is 0.484 e. The molecule has 1 atom stereocenters. The van der Waals surface area contributed by atoms with E-state index in [1.54, 1.807) is 0 Å². The number of ether oxygens (including phenoxy) is 1. The van der Waals surface area contributed by atoms with E-state index in [0.717, 1.165) is 64.0 Å². The van der Waals surface area contributed by atoms with Gasteiger partial charge in [-0.2, -0.15) is 0 Å². The Balaban J connectivity index is 1.57. The number of piperidine rings is 2. The highest BCUT2D eigenvalue weighted by atomic mass is 16.5. The number of likely N-dealkylation sites (tertiary alicyclic amines) is 2. The normalized spacial score (nSPS) is 23.3. The Hall–Kier alpha value is -2.04. The molecule has 2 heterocycles. The maximum absolute atomic E-state index is 12.6. The minimum atomic E-state index is 0.0462. The Morgan fingerprint density at radius 2 is 2.00 bits per heavy atom. The summed E-state index contributed by atoms with van der Waals surface area (Å²) in [6.07, 6.45) is 5.77. The van der Waals surface area contributed by atoms with E-state index in [4.69, 9.17) is 4.74 Å². The van der Waals surface area contributed by atoms with Gasteiger partial charge in [0.2, 0.25) is 5.91 Å². The van der Waals surface area contributed by atoms with Gasteiger partial charge in [0.15, 0.2) is 6.61 Å². The summed E-state index contributed by atoms with van der Waals surface area (Å²) in [7, 11) is 0. The molecule has 5 nitrogen and oxygen atoms in total. The van der Waals surface area contributed by atoms with E-state index in [1.165, 1.54) is 0 Å². The quantitative estimate of drug-likeness (QED) is 0.785. The van der Waals surface area contributed by atoms with Crippen LogP contribution in [0.1, 0.15) is 45.4 Å². The first-order valence-corrected chi connectivity index (χ1v) is 9.85. The van der Waals surface area contributed by atoms with Gasteiger partial charge in [-0.25, -0.2) is 0 Å². The summed E-state index contributed by atoms with van der Waals surface area (Å²) in [6.45, 7) is 5.43. The first-order chi connectivity index (χ1) is 12.6. The second-order valence-electron chi connectivity index (χ2n) is 7.69. The number of hydrogen-bond donors (Lipinski definition) is 0. The monoisotopic (exact) mass is 358 g/mol. The molecule has 2 saturated heterocycles. The topological polar surface area (TPSA) is 49.9 Å². The number of carbonyl (C=O) groups is 2. The molecule has 26 heavy (non-hydrogen) atoms. The smallest absolute Gasteiger partial charge is 0.260 e. The predicted octanol–water partition coefficient (Wildman–Crippen LogP) is 3.10. The molecule has 1 aromatic carbocycles. The molecule has 0 aromatic heterocycles. The van der Waals surface area contributed by atoms with Gasteiger partial charge in [0.1, 0.15) is 5.75 Å². The molecule has 3 rings (SSSR count). The molecule has 1 spiro atoms. The molecule has 2 aliphatic heterocycles. The maximum atomic E-state index is 12.6. The number of rotatable bonds is 6. The second-order valence-corrected chi connectivity index (χ2v) is 7.69. The van der Waals surface area contributed by atoms with Gasteiger partial charge in [-0.1, -0.05) is 31.5 Å². The molecule has 5 heteroatoms.